The van der Waals surface area contributed by atoms with Crippen LogP contribution in [-0.4, -0.2) is 23.2 Å². The van der Waals surface area contributed by atoms with Crippen LogP contribution in [0.5, 0.6) is 11.5 Å². The standard InChI is InChI=1S/C15H16N2O3/c1-16-15(20)10-3-2-4-12(7-10)17-9-11-5-6-13(18)8-14(11)19/h2-8,17-19H,9H2,1H3,(H,16,20). The van der Waals surface area contributed by atoms with Crippen LogP contribution in [0.25, 0.3) is 0 Å². The number of anilines is 1. The molecule has 5 nitrogen and oxygen atoms in total. The highest BCUT2D eigenvalue weighted by Crippen LogP contribution is 2.23. The van der Waals surface area contributed by atoms with Crippen LogP contribution in [0, 0.1) is 0 Å². The SMILES string of the molecule is CNC(=O)c1cccc(NCc2ccc(O)cc2O)c1. The summed E-state index contributed by atoms with van der Waals surface area (Å²) in [6.07, 6.45) is 0. The Morgan fingerprint density at radius 2 is 1.95 bits per heavy atom. The van der Waals surface area contributed by atoms with E-state index in [1.807, 2.05) is 6.07 Å². The van der Waals surface area contributed by atoms with Gasteiger partial charge < -0.3 is 20.8 Å². The van der Waals surface area contributed by atoms with Crippen molar-refractivity contribution in [3.05, 3.63) is 53.6 Å². The lowest BCUT2D eigenvalue weighted by molar-refractivity contribution is 0.0963. The number of benzene rings is 2. The quantitative estimate of drug-likeness (QED) is 0.687. The molecule has 4 N–H and O–H groups in total. The van der Waals surface area contributed by atoms with Crippen molar-refractivity contribution in [1.29, 1.82) is 0 Å². The molecule has 0 spiro atoms. The third kappa shape index (κ3) is 3.20. The number of nitrogens with one attached hydrogen (secondary N) is 2. The number of phenolic OH excluding ortho intramolecular Hbond substituents is 2. The summed E-state index contributed by atoms with van der Waals surface area (Å²) in [4.78, 5) is 11.5. The van der Waals surface area contributed by atoms with Gasteiger partial charge >= 0.3 is 0 Å². The van der Waals surface area contributed by atoms with E-state index in [9.17, 15) is 15.0 Å². The summed E-state index contributed by atoms with van der Waals surface area (Å²) in [5, 5.41) is 24.6. The monoisotopic (exact) mass is 272 g/mol. The first-order chi connectivity index (χ1) is 9.60. The molecule has 0 aliphatic rings. The summed E-state index contributed by atoms with van der Waals surface area (Å²) in [5.41, 5.74) is 2.00. The third-order valence-corrected chi connectivity index (χ3v) is 2.90. The second-order valence-electron chi connectivity index (χ2n) is 4.33. The Balaban J connectivity index is 2.09. The lowest BCUT2D eigenvalue weighted by atomic mass is 10.1. The Bertz CT molecular complexity index is 626. The van der Waals surface area contributed by atoms with Gasteiger partial charge in [-0.3, -0.25) is 4.79 Å². The summed E-state index contributed by atoms with van der Waals surface area (Å²) in [5.74, 6) is -0.103. The van der Waals surface area contributed by atoms with Gasteiger partial charge in [0.25, 0.3) is 5.91 Å². The summed E-state index contributed by atoms with van der Waals surface area (Å²) >= 11 is 0. The molecule has 20 heavy (non-hydrogen) atoms. The molecule has 0 heterocycles. The highest BCUT2D eigenvalue weighted by atomic mass is 16.3. The molecule has 0 unspecified atom stereocenters. The fourth-order valence-corrected chi connectivity index (χ4v) is 1.81. The first-order valence-electron chi connectivity index (χ1n) is 6.17. The first kappa shape index (κ1) is 13.7. The van der Waals surface area contributed by atoms with Gasteiger partial charge in [0, 0.05) is 36.5 Å². The van der Waals surface area contributed by atoms with Crippen molar-refractivity contribution < 1.29 is 15.0 Å². The minimum atomic E-state index is -0.152. The number of rotatable bonds is 4. The van der Waals surface area contributed by atoms with Gasteiger partial charge in [-0.2, -0.15) is 0 Å². The predicted octanol–water partition coefficient (Wildman–Crippen LogP) is 2.07. The Kier molecular flexibility index (Phi) is 4.10. The molecule has 0 bridgehead atoms. The van der Waals surface area contributed by atoms with E-state index in [0.717, 1.165) is 5.69 Å². The lowest BCUT2D eigenvalue weighted by Crippen LogP contribution is -2.17. The zero-order valence-corrected chi connectivity index (χ0v) is 11.1. The molecule has 0 atom stereocenters. The van der Waals surface area contributed by atoms with Crippen molar-refractivity contribution in [3.63, 3.8) is 0 Å². The number of phenols is 2. The Labute approximate surface area is 116 Å². The molecule has 0 saturated heterocycles. The fraction of sp³-hybridized carbons (Fsp3) is 0.133. The smallest absolute Gasteiger partial charge is 0.251 e. The Hall–Kier alpha value is -2.69. The molecular formula is C15H16N2O3. The molecule has 2 aromatic rings. The molecule has 0 aliphatic heterocycles. The van der Waals surface area contributed by atoms with Crippen molar-refractivity contribution in [2.75, 3.05) is 12.4 Å². The van der Waals surface area contributed by atoms with Crippen molar-refractivity contribution in [2.45, 2.75) is 6.54 Å². The van der Waals surface area contributed by atoms with Crippen LogP contribution in [0.2, 0.25) is 0 Å². The van der Waals surface area contributed by atoms with E-state index >= 15 is 0 Å². The van der Waals surface area contributed by atoms with Gasteiger partial charge in [0.2, 0.25) is 0 Å². The third-order valence-electron chi connectivity index (χ3n) is 2.90. The molecule has 104 valence electrons. The molecule has 1 amide bonds. The zero-order valence-electron chi connectivity index (χ0n) is 11.1. The first-order valence-corrected chi connectivity index (χ1v) is 6.17. The van der Waals surface area contributed by atoms with Gasteiger partial charge in [-0.25, -0.2) is 0 Å². The summed E-state index contributed by atoms with van der Waals surface area (Å²) in [6.45, 7) is 0.392. The second kappa shape index (κ2) is 5.97. The average Bonchev–Trinajstić information content (AvgIpc) is 2.46. The van der Waals surface area contributed by atoms with Crippen LogP contribution < -0.4 is 10.6 Å². The van der Waals surface area contributed by atoms with Crippen molar-refractivity contribution in [2.24, 2.45) is 0 Å². The van der Waals surface area contributed by atoms with E-state index in [2.05, 4.69) is 10.6 Å². The van der Waals surface area contributed by atoms with Crippen molar-refractivity contribution in [1.82, 2.24) is 5.32 Å². The molecule has 2 aromatic carbocycles. The maximum Gasteiger partial charge on any atom is 0.251 e. The average molecular weight is 272 g/mol. The van der Waals surface area contributed by atoms with Crippen LogP contribution in [0.1, 0.15) is 15.9 Å². The lowest BCUT2D eigenvalue weighted by Gasteiger charge is -2.09. The van der Waals surface area contributed by atoms with Gasteiger partial charge in [0.15, 0.2) is 0 Å². The van der Waals surface area contributed by atoms with Gasteiger partial charge in [-0.1, -0.05) is 6.07 Å². The second-order valence-corrected chi connectivity index (χ2v) is 4.33. The number of carbonyl (C=O) groups is 1. The van der Waals surface area contributed by atoms with Crippen LogP contribution in [0.3, 0.4) is 0 Å². The van der Waals surface area contributed by atoms with Gasteiger partial charge in [-0.05, 0) is 30.3 Å². The van der Waals surface area contributed by atoms with Gasteiger partial charge in [0.05, 0.1) is 0 Å². The Morgan fingerprint density at radius 1 is 1.15 bits per heavy atom. The van der Waals surface area contributed by atoms with Crippen LogP contribution in [0.4, 0.5) is 5.69 Å². The summed E-state index contributed by atoms with van der Waals surface area (Å²) in [7, 11) is 1.58. The molecule has 0 aliphatic carbocycles. The van der Waals surface area contributed by atoms with E-state index in [1.165, 1.54) is 12.1 Å². The molecular weight excluding hydrogens is 256 g/mol. The minimum absolute atomic E-state index is 0.0212. The maximum absolute atomic E-state index is 11.5. The zero-order chi connectivity index (χ0) is 14.5. The van der Waals surface area contributed by atoms with Crippen molar-refractivity contribution >= 4 is 11.6 Å². The van der Waals surface area contributed by atoms with E-state index in [4.69, 9.17) is 0 Å². The van der Waals surface area contributed by atoms with Crippen LogP contribution >= 0.6 is 0 Å². The largest absolute Gasteiger partial charge is 0.508 e. The number of carbonyl (C=O) groups excluding carboxylic acids is 1. The highest BCUT2D eigenvalue weighted by Gasteiger charge is 2.05. The van der Waals surface area contributed by atoms with E-state index in [0.29, 0.717) is 17.7 Å². The summed E-state index contributed by atoms with van der Waals surface area (Å²) in [6, 6.07) is 11.5. The minimum Gasteiger partial charge on any atom is -0.508 e. The van der Waals surface area contributed by atoms with E-state index in [-0.39, 0.29) is 17.4 Å². The van der Waals surface area contributed by atoms with E-state index in [1.54, 1.807) is 31.3 Å². The molecule has 0 aromatic heterocycles. The number of aromatic hydroxyl groups is 2. The molecule has 0 saturated carbocycles. The highest BCUT2D eigenvalue weighted by molar-refractivity contribution is 5.94. The molecule has 5 heteroatoms. The van der Waals surface area contributed by atoms with Crippen molar-refractivity contribution in [3.8, 4) is 11.5 Å². The number of amides is 1. The van der Waals surface area contributed by atoms with Crippen LogP contribution in [0.15, 0.2) is 42.5 Å². The maximum atomic E-state index is 11.5. The molecule has 0 radical (unpaired) electrons. The van der Waals surface area contributed by atoms with Crippen LogP contribution in [-0.2, 0) is 6.54 Å². The topological polar surface area (TPSA) is 81.6 Å². The van der Waals surface area contributed by atoms with Gasteiger partial charge in [0.1, 0.15) is 11.5 Å². The molecule has 2 rings (SSSR count). The van der Waals surface area contributed by atoms with E-state index < -0.39 is 0 Å². The molecule has 0 fully saturated rings. The fourth-order valence-electron chi connectivity index (χ4n) is 1.81. The normalized spacial score (nSPS) is 10.1. The number of hydrogen-bond donors (Lipinski definition) is 4. The number of hydrogen-bond acceptors (Lipinski definition) is 4. The van der Waals surface area contributed by atoms with Gasteiger partial charge in [-0.15, -0.1) is 0 Å². The summed E-state index contributed by atoms with van der Waals surface area (Å²) < 4.78 is 0. The predicted molar refractivity (Wildman–Crippen MR) is 76.9 cm³/mol. The Morgan fingerprint density at radius 3 is 2.65 bits per heavy atom.